The summed E-state index contributed by atoms with van der Waals surface area (Å²) in [5, 5.41) is 8.85. The topological polar surface area (TPSA) is 23.8 Å². The lowest BCUT2D eigenvalue weighted by Crippen LogP contribution is -2.30. The van der Waals surface area contributed by atoms with Crippen molar-refractivity contribution in [3.63, 3.8) is 0 Å². The third-order valence-electron chi connectivity index (χ3n) is 7.57. The maximum atomic E-state index is 14.0. The number of fused-ring (bicyclic) bond motifs is 1. The zero-order valence-electron chi connectivity index (χ0n) is 18.3. The van der Waals surface area contributed by atoms with Crippen molar-refractivity contribution in [2.75, 3.05) is 0 Å². The van der Waals surface area contributed by atoms with Crippen molar-refractivity contribution in [2.24, 2.45) is 17.8 Å². The van der Waals surface area contributed by atoms with Crippen molar-refractivity contribution in [1.82, 2.24) is 0 Å². The second kappa shape index (κ2) is 9.77. The molecule has 0 N–H and O–H groups in total. The average Bonchev–Trinajstić information content (AvgIpc) is 2.79. The van der Waals surface area contributed by atoms with Gasteiger partial charge in [0.05, 0.1) is 0 Å². The van der Waals surface area contributed by atoms with Crippen LogP contribution in [0.2, 0.25) is 0 Å². The minimum Gasteiger partial charge on any atom is -0.205 e. The molecule has 0 aromatic heterocycles. The lowest BCUT2D eigenvalue weighted by Gasteiger charge is -2.42. The Hall–Kier alpha value is -2.47. The number of nitriles is 1. The molecule has 0 spiro atoms. The van der Waals surface area contributed by atoms with E-state index in [0.29, 0.717) is 11.5 Å². The maximum absolute atomic E-state index is 14.0. The van der Waals surface area contributed by atoms with Crippen LogP contribution in [0.15, 0.2) is 48.6 Å². The van der Waals surface area contributed by atoms with E-state index in [0.717, 1.165) is 23.3 Å². The van der Waals surface area contributed by atoms with Crippen LogP contribution in [0.4, 0.5) is 8.78 Å². The molecule has 0 amide bonds. The Morgan fingerprint density at radius 1 is 0.935 bits per heavy atom. The number of hydrogen-bond donors (Lipinski definition) is 0. The summed E-state index contributed by atoms with van der Waals surface area (Å²) in [6.07, 6.45) is 15.0. The first-order valence-electron chi connectivity index (χ1n) is 11.7. The van der Waals surface area contributed by atoms with Crippen molar-refractivity contribution in [1.29, 1.82) is 5.26 Å². The summed E-state index contributed by atoms with van der Waals surface area (Å²) in [4.78, 5) is 0. The summed E-state index contributed by atoms with van der Waals surface area (Å²) >= 11 is 0. The SMILES string of the molecule is C/C=C/CCC1CCC2CC(c3ccc(-c4cc(F)c(C#N)c(F)c4)cc3)CCC2C1. The number of rotatable bonds is 5. The first kappa shape index (κ1) is 21.8. The lowest BCUT2D eigenvalue weighted by atomic mass is 9.63. The number of allylic oxidation sites excluding steroid dienone is 2. The van der Waals surface area contributed by atoms with Gasteiger partial charge in [-0.05, 0) is 104 Å². The van der Waals surface area contributed by atoms with E-state index >= 15 is 0 Å². The molecule has 0 heterocycles. The summed E-state index contributed by atoms with van der Waals surface area (Å²) < 4.78 is 27.9. The number of benzene rings is 2. The quantitative estimate of drug-likeness (QED) is 0.448. The van der Waals surface area contributed by atoms with Crippen molar-refractivity contribution < 1.29 is 8.78 Å². The van der Waals surface area contributed by atoms with Crippen LogP contribution in [0.25, 0.3) is 11.1 Å². The van der Waals surface area contributed by atoms with E-state index in [1.54, 1.807) is 6.07 Å². The Labute approximate surface area is 184 Å². The molecular weight excluding hydrogens is 388 g/mol. The average molecular weight is 420 g/mol. The molecule has 0 saturated heterocycles. The predicted octanol–water partition coefficient (Wildman–Crippen LogP) is 8.16. The van der Waals surface area contributed by atoms with Gasteiger partial charge in [0.25, 0.3) is 0 Å². The molecule has 0 radical (unpaired) electrons. The Balaban J connectivity index is 1.39. The van der Waals surface area contributed by atoms with Gasteiger partial charge in [0, 0.05) is 0 Å². The van der Waals surface area contributed by atoms with Crippen molar-refractivity contribution >= 4 is 0 Å². The van der Waals surface area contributed by atoms with Crippen LogP contribution in [0, 0.1) is 40.7 Å². The largest absolute Gasteiger partial charge is 0.205 e. The molecule has 4 atom stereocenters. The molecule has 31 heavy (non-hydrogen) atoms. The van der Waals surface area contributed by atoms with E-state index in [1.165, 1.54) is 69.1 Å². The Bertz CT molecular complexity index is 946. The molecule has 1 nitrogen and oxygen atoms in total. The van der Waals surface area contributed by atoms with Crippen LogP contribution in [-0.4, -0.2) is 0 Å². The van der Waals surface area contributed by atoms with Crippen LogP contribution in [0.1, 0.15) is 75.3 Å². The minimum atomic E-state index is -0.804. The Morgan fingerprint density at radius 3 is 2.29 bits per heavy atom. The fourth-order valence-corrected chi connectivity index (χ4v) is 5.84. The van der Waals surface area contributed by atoms with E-state index in [1.807, 2.05) is 12.1 Å². The first-order chi connectivity index (χ1) is 15.1. The van der Waals surface area contributed by atoms with E-state index in [9.17, 15) is 8.78 Å². The highest BCUT2D eigenvalue weighted by atomic mass is 19.1. The second-order valence-corrected chi connectivity index (χ2v) is 9.40. The molecule has 2 fully saturated rings. The first-order valence-corrected chi connectivity index (χ1v) is 11.7. The Kier molecular flexibility index (Phi) is 6.86. The minimum absolute atomic E-state index is 0.473. The molecule has 2 saturated carbocycles. The third kappa shape index (κ3) is 4.90. The van der Waals surface area contributed by atoms with Crippen molar-refractivity contribution in [2.45, 2.75) is 64.2 Å². The van der Waals surface area contributed by atoms with E-state index in [4.69, 9.17) is 5.26 Å². The van der Waals surface area contributed by atoms with Gasteiger partial charge in [0.2, 0.25) is 0 Å². The highest BCUT2D eigenvalue weighted by molar-refractivity contribution is 5.65. The lowest BCUT2D eigenvalue weighted by molar-refractivity contribution is 0.115. The van der Waals surface area contributed by atoms with Gasteiger partial charge in [-0.3, -0.25) is 0 Å². The van der Waals surface area contributed by atoms with Gasteiger partial charge in [-0.25, -0.2) is 8.78 Å². The van der Waals surface area contributed by atoms with Crippen molar-refractivity contribution in [3.8, 4) is 17.2 Å². The van der Waals surface area contributed by atoms with Crippen LogP contribution < -0.4 is 0 Å². The molecule has 4 rings (SSSR count). The molecular formula is C28H31F2N. The van der Waals surface area contributed by atoms with E-state index in [2.05, 4.69) is 31.2 Å². The zero-order chi connectivity index (χ0) is 21.8. The monoisotopic (exact) mass is 419 g/mol. The van der Waals surface area contributed by atoms with Gasteiger partial charge < -0.3 is 0 Å². The molecule has 3 heteroatoms. The summed E-state index contributed by atoms with van der Waals surface area (Å²) in [5.41, 5.74) is 2.07. The van der Waals surface area contributed by atoms with Crippen LogP contribution in [0.5, 0.6) is 0 Å². The molecule has 2 aliphatic rings. The van der Waals surface area contributed by atoms with E-state index < -0.39 is 17.2 Å². The summed E-state index contributed by atoms with van der Waals surface area (Å²) in [5.74, 6) is 1.62. The number of nitrogens with zero attached hydrogens (tertiary/aromatic N) is 1. The fourth-order valence-electron chi connectivity index (χ4n) is 5.84. The van der Waals surface area contributed by atoms with E-state index in [-0.39, 0.29) is 0 Å². The van der Waals surface area contributed by atoms with Gasteiger partial charge in [0.1, 0.15) is 23.3 Å². The number of halogens is 2. The molecule has 2 aliphatic carbocycles. The summed E-state index contributed by atoms with van der Waals surface area (Å²) in [7, 11) is 0. The maximum Gasteiger partial charge on any atom is 0.144 e. The van der Waals surface area contributed by atoms with Crippen LogP contribution >= 0.6 is 0 Å². The standard InChI is InChI=1S/C28H31F2N/c1-2-3-4-5-19-6-7-24-15-23(13-12-22(24)14-19)20-8-10-21(11-9-20)25-16-27(29)26(18-31)28(30)17-25/h2-3,8-11,16-17,19,22-24H,4-7,12-15H2,1H3/b3-2+. The third-order valence-corrected chi connectivity index (χ3v) is 7.57. The fraction of sp³-hybridized carbons (Fsp3) is 0.464. The summed E-state index contributed by atoms with van der Waals surface area (Å²) in [6, 6.07) is 12.2. The van der Waals surface area contributed by atoms with Gasteiger partial charge in [-0.15, -0.1) is 0 Å². The van der Waals surface area contributed by atoms with Crippen LogP contribution in [0.3, 0.4) is 0 Å². The highest BCUT2D eigenvalue weighted by Crippen LogP contribution is 2.48. The Morgan fingerprint density at radius 2 is 1.61 bits per heavy atom. The van der Waals surface area contributed by atoms with Gasteiger partial charge in [0.15, 0.2) is 0 Å². The van der Waals surface area contributed by atoms with Crippen LogP contribution in [-0.2, 0) is 0 Å². The smallest absolute Gasteiger partial charge is 0.144 e. The molecule has 0 aliphatic heterocycles. The van der Waals surface area contributed by atoms with Crippen molar-refractivity contribution in [3.05, 3.63) is 71.3 Å². The molecule has 4 unspecified atom stereocenters. The molecule has 0 bridgehead atoms. The van der Waals surface area contributed by atoms with Gasteiger partial charge >= 0.3 is 0 Å². The summed E-state index contributed by atoms with van der Waals surface area (Å²) in [6.45, 7) is 2.10. The van der Waals surface area contributed by atoms with Gasteiger partial charge in [-0.2, -0.15) is 5.26 Å². The normalized spacial score (nSPS) is 25.9. The number of hydrogen-bond acceptors (Lipinski definition) is 1. The molecule has 2 aromatic carbocycles. The zero-order valence-corrected chi connectivity index (χ0v) is 18.3. The predicted molar refractivity (Wildman–Crippen MR) is 121 cm³/mol. The van der Waals surface area contributed by atoms with Gasteiger partial charge in [-0.1, -0.05) is 42.8 Å². The molecule has 2 aromatic rings. The second-order valence-electron chi connectivity index (χ2n) is 9.40. The molecule has 162 valence electrons. The highest BCUT2D eigenvalue weighted by Gasteiger charge is 2.35.